The number of nitrogens with one attached hydrogen (secondary N) is 1. The number of nitrogens with zero attached hydrogens (tertiary/aromatic N) is 2. The van der Waals surface area contributed by atoms with Gasteiger partial charge >= 0.3 is 0 Å². The second-order valence-electron chi connectivity index (χ2n) is 4.23. The van der Waals surface area contributed by atoms with E-state index in [0.29, 0.717) is 12.4 Å². The van der Waals surface area contributed by atoms with Crippen molar-refractivity contribution in [2.45, 2.75) is 25.8 Å². The molecule has 1 aromatic carbocycles. The summed E-state index contributed by atoms with van der Waals surface area (Å²) in [5.74, 6) is 0.974. The van der Waals surface area contributed by atoms with Crippen molar-refractivity contribution in [3.63, 3.8) is 0 Å². The molecule has 0 unspecified atom stereocenters. The first-order chi connectivity index (χ1) is 9.15. The minimum Gasteiger partial charge on any atom is -0.355 e. The topological polar surface area (TPSA) is 46.9 Å². The van der Waals surface area contributed by atoms with E-state index in [2.05, 4.69) is 26.2 Å². The molecule has 6 heteroatoms. The second-order valence-corrected chi connectivity index (χ2v) is 5.41. The molecule has 4 nitrogen and oxygen atoms in total. The van der Waals surface area contributed by atoms with Gasteiger partial charge in [-0.1, -0.05) is 22.9 Å². The van der Waals surface area contributed by atoms with Crippen LogP contribution in [0.3, 0.4) is 0 Å². The summed E-state index contributed by atoms with van der Waals surface area (Å²) in [6.07, 6.45) is 0.921. The normalized spacial score (nSPS) is 10.9. The smallest absolute Gasteiger partial charge is 0.240 e. The van der Waals surface area contributed by atoms with Gasteiger partial charge in [-0.2, -0.15) is 0 Å². The van der Waals surface area contributed by atoms with Crippen molar-refractivity contribution in [3.8, 4) is 0 Å². The molecule has 1 aromatic heterocycles. The van der Waals surface area contributed by atoms with Crippen LogP contribution in [0.15, 0.2) is 22.7 Å². The lowest BCUT2D eigenvalue weighted by molar-refractivity contribution is -0.121. The Bertz CT molecular complexity index is 597. The molecule has 0 aliphatic carbocycles. The molecule has 0 bridgehead atoms. The lowest BCUT2D eigenvalue weighted by Crippen LogP contribution is -2.28. The first-order valence-corrected chi connectivity index (χ1v) is 7.45. The molecule has 0 atom stereocenters. The largest absolute Gasteiger partial charge is 0.355 e. The van der Waals surface area contributed by atoms with E-state index in [9.17, 15) is 4.79 Å². The molecule has 0 fully saturated rings. The molecule has 2 rings (SSSR count). The number of hydrogen-bond donors (Lipinski definition) is 1. The number of hydrogen-bond acceptors (Lipinski definition) is 2. The van der Waals surface area contributed by atoms with Gasteiger partial charge in [-0.15, -0.1) is 11.6 Å². The van der Waals surface area contributed by atoms with Crippen LogP contribution in [-0.4, -0.2) is 22.0 Å². The number of aromatic nitrogens is 2. The van der Waals surface area contributed by atoms with Gasteiger partial charge in [0.05, 0.1) is 16.9 Å². The van der Waals surface area contributed by atoms with Gasteiger partial charge in [0.2, 0.25) is 5.91 Å². The summed E-state index contributed by atoms with van der Waals surface area (Å²) < 4.78 is 2.81. The van der Waals surface area contributed by atoms with Crippen molar-refractivity contribution in [2.75, 3.05) is 6.54 Å². The van der Waals surface area contributed by atoms with Gasteiger partial charge in [-0.05, 0) is 24.6 Å². The van der Waals surface area contributed by atoms with Crippen LogP contribution in [0.4, 0.5) is 0 Å². The van der Waals surface area contributed by atoms with Crippen molar-refractivity contribution >= 4 is 44.5 Å². The summed E-state index contributed by atoms with van der Waals surface area (Å²) in [6.45, 7) is 2.95. The van der Waals surface area contributed by atoms with Crippen LogP contribution in [0, 0.1) is 0 Å². The minimum atomic E-state index is -0.0208. The number of carbonyl (C=O) groups excluding carboxylic acids is 1. The van der Waals surface area contributed by atoms with Gasteiger partial charge in [0.1, 0.15) is 12.4 Å². The second kappa shape index (κ2) is 6.39. The van der Waals surface area contributed by atoms with Crippen LogP contribution in [0.25, 0.3) is 11.0 Å². The minimum absolute atomic E-state index is 0.0208. The predicted molar refractivity (Wildman–Crippen MR) is 80.3 cm³/mol. The fraction of sp³-hybridized carbons (Fsp3) is 0.385. The Balaban J connectivity index is 2.34. The Morgan fingerprint density at radius 2 is 2.32 bits per heavy atom. The van der Waals surface area contributed by atoms with E-state index in [1.807, 2.05) is 29.7 Å². The summed E-state index contributed by atoms with van der Waals surface area (Å²) in [5, 5.41) is 2.86. The molecule has 0 saturated carbocycles. The first kappa shape index (κ1) is 14.3. The number of carbonyl (C=O) groups is 1. The van der Waals surface area contributed by atoms with Crippen molar-refractivity contribution in [2.24, 2.45) is 0 Å². The van der Waals surface area contributed by atoms with Gasteiger partial charge < -0.3 is 9.88 Å². The average molecular weight is 345 g/mol. The molecule has 19 heavy (non-hydrogen) atoms. The third kappa shape index (κ3) is 3.28. The van der Waals surface area contributed by atoms with Crippen LogP contribution in [0.2, 0.25) is 0 Å². The molecular weight excluding hydrogens is 330 g/mol. The number of halogens is 2. The highest BCUT2D eigenvalue weighted by Crippen LogP contribution is 2.21. The van der Waals surface area contributed by atoms with Crippen molar-refractivity contribution < 1.29 is 4.79 Å². The molecule has 0 radical (unpaired) electrons. The van der Waals surface area contributed by atoms with E-state index in [1.54, 1.807) is 0 Å². The quantitative estimate of drug-likeness (QED) is 0.847. The molecule has 0 saturated heterocycles. The lowest BCUT2D eigenvalue weighted by atomic mass is 10.3. The number of benzene rings is 1. The van der Waals surface area contributed by atoms with Crippen LogP contribution in [0.1, 0.15) is 19.2 Å². The fourth-order valence-corrected chi connectivity index (χ4v) is 2.44. The summed E-state index contributed by atoms with van der Waals surface area (Å²) >= 11 is 9.34. The van der Waals surface area contributed by atoms with Gasteiger partial charge in [0, 0.05) is 11.0 Å². The molecular formula is C13H15BrClN3O. The standard InChI is InChI=1S/C13H15BrClN3O/c1-2-5-16-13(19)8-18-11-6-9(14)3-4-10(11)17-12(18)7-15/h3-4,6H,2,5,7-8H2,1H3,(H,16,19). The predicted octanol–water partition coefficient (Wildman–Crippen LogP) is 3.06. The molecule has 1 amide bonds. The SMILES string of the molecule is CCCNC(=O)Cn1c(CCl)nc2ccc(Br)cc21. The van der Waals surface area contributed by atoms with Crippen molar-refractivity contribution in [3.05, 3.63) is 28.5 Å². The summed E-state index contributed by atoms with van der Waals surface area (Å²) in [7, 11) is 0. The van der Waals surface area contributed by atoms with E-state index in [1.165, 1.54) is 0 Å². The Hall–Kier alpha value is -1.07. The number of alkyl halides is 1. The van der Waals surface area contributed by atoms with Gasteiger partial charge in [0.15, 0.2) is 0 Å². The average Bonchev–Trinajstić information content (AvgIpc) is 2.74. The Kier molecular flexibility index (Phi) is 4.82. The number of rotatable bonds is 5. The van der Waals surface area contributed by atoms with Crippen LogP contribution in [-0.2, 0) is 17.2 Å². The molecule has 0 spiro atoms. The van der Waals surface area contributed by atoms with E-state index >= 15 is 0 Å². The Morgan fingerprint density at radius 1 is 1.53 bits per heavy atom. The summed E-state index contributed by atoms with van der Waals surface area (Å²) in [5.41, 5.74) is 1.76. The Labute approximate surface area is 125 Å². The molecule has 0 aliphatic rings. The fourth-order valence-electron chi connectivity index (χ4n) is 1.89. The van der Waals surface area contributed by atoms with E-state index < -0.39 is 0 Å². The van der Waals surface area contributed by atoms with Crippen LogP contribution in [0.5, 0.6) is 0 Å². The maximum atomic E-state index is 11.9. The van der Waals surface area contributed by atoms with Gasteiger partial charge in [0.25, 0.3) is 0 Å². The van der Waals surface area contributed by atoms with Crippen LogP contribution < -0.4 is 5.32 Å². The first-order valence-electron chi connectivity index (χ1n) is 6.13. The zero-order chi connectivity index (χ0) is 13.8. The van der Waals surface area contributed by atoms with E-state index in [-0.39, 0.29) is 18.3 Å². The van der Waals surface area contributed by atoms with Crippen LogP contribution >= 0.6 is 27.5 Å². The maximum Gasteiger partial charge on any atom is 0.240 e. The molecule has 1 heterocycles. The number of amides is 1. The highest BCUT2D eigenvalue weighted by atomic mass is 79.9. The highest BCUT2D eigenvalue weighted by Gasteiger charge is 2.13. The third-order valence-corrected chi connectivity index (χ3v) is 3.52. The number of imidazole rings is 1. The van der Waals surface area contributed by atoms with Crippen molar-refractivity contribution in [1.82, 2.24) is 14.9 Å². The van der Waals surface area contributed by atoms with Crippen molar-refractivity contribution in [1.29, 1.82) is 0 Å². The highest BCUT2D eigenvalue weighted by molar-refractivity contribution is 9.10. The zero-order valence-corrected chi connectivity index (χ0v) is 13.0. The van der Waals surface area contributed by atoms with E-state index in [4.69, 9.17) is 11.6 Å². The summed E-state index contributed by atoms with van der Waals surface area (Å²) in [4.78, 5) is 16.3. The molecule has 1 N–H and O–H groups in total. The molecule has 0 aliphatic heterocycles. The van der Waals surface area contributed by atoms with Gasteiger partial charge in [-0.3, -0.25) is 4.79 Å². The third-order valence-electron chi connectivity index (χ3n) is 2.78. The van der Waals surface area contributed by atoms with Gasteiger partial charge in [-0.25, -0.2) is 4.98 Å². The summed E-state index contributed by atoms with van der Waals surface area (Å²) in [6, 6.07) is 5.79. The zero-order valence-electron chi connectivity index (χ0n) is 10.6. The monoisotopic (exact) mass is 343 g/mol. The molecule has 102 valence electrons. The maximum absolute atomic E-state index is 11.9. The lowest BCUT2D eigenvalue weighted by Gasteiger charge is -2.08. The molecule has 2 aromatic rings. The number of fused-ring (bicyclic) bond motifs is 1. The Morgan fingerprint density at radius 3 is 3.00 bits per heavy atom. The van der Waals surface area contributed by atoms with E-state index in [0.717, 1.165) is 21.9 Å².